The number of aliphatic hydroxyl groups is 1. The highest BCUT2D eigenvalue weighted by Gasteiger charge is 1.96. The maximum Gasteiger partial charge on any atom is 0.0730 e. The smallest absolute Gasteiger partial charge is 0.0730 e. The first-order chi connectivity index (χ1) is 7.31. The van der Waals surface area contributed by atoms with Crippen molar-refractivity contribution in [2.24, 2.45) is 0 Å². The van der Waals surface area contributed by atoms with E-state index in [4.69, 9.17) is 0 Å². The number of aliphatic hydroxyl groups excluding tert-OH is 1. The first-order valence-corrected chi connectivity index (χ1v) is 5.39. The second-order valence-corrected chi connectivity index (χ2v) is 3.29. The van der Waals surface area contributed by atoms with Crippen molar-refractivity contribution in [3.05, 3.63) is 37.0 Å². The van der Waals surface area contributed by atoms with Gasteiger partial charge in [-0.2, -0.15) is 0 Å². The van der Waals surface area contributed by atoms with E-state index < -0.39 is 0 Å². The van der Waals surface area contributed by atoms with Crippen LogP contribution in [0.3, 0.4) is 0 Å². The number of hydrogen-bond acceptors (Lipinski definition) is 1. The lowest BCUT2D eigenvalue weighted by molar-refractivity contribution is 0.208. The van der Waals surface area contributed by atoms with Crippen molar-refractivity contribution in [3.63, 3.8) is 0 Å². The average molecular weight is 204 g/mol. The van der Waals surface area contributed by atoms with Crippen LogP contribution in [0.5, 0.6) is 0 Å². The van der Waals surface area contributed by atoms with Crippen molar-refractivity contribution in [1.82, 2.24) is 0 Å². The van der Waals surface area contributed by atoms with Gasteiger partial charge < -0.3 is 5.11 Å². The molecule has 0 saturated heterocycles. The van der Waals surface area contributed by atoms with Crippen LogP contribution in [-0.4, -0.2) is 11.2 Å². The van der Waals surface area contributed by atoms with Gasteiger partial charge in [0.25, 0.3) is 0 Å². The van der Waals surface area contributed by atoms with E-state index >= 15 is 0 Å². The number of allylic oxidation sites excluding steroid dienone is 4. The Morgan fingerprint density at radius 3 is 2.67 bits per heavy atom. The second-order valence-electron chi connectivity index (χ2n) is 3.29. The van der Waals surface area contributed by atoms with Crippen LogP contribution >= 0.6 is 0 Å². The lowest BCUT2D eigenvalue weighted by Gasteiger charge is -2.02. The molecule has 0 rings (SSSR count). The average Bonchev–Trinajstić information content (AvgIpc) is 2.24. The van der Waals surface area contributed by atoms with Gasteiger partial charge in [0.15, 0.2) is 0 Å². The van der Waals surface area contributed by atoms with Gasteiger partial charge in [-0.25, -0.2) is 0 Å². The summed E-state index contributed by atoms with van der Waals surface area (Å²) < 4.78 is 0. The van der Waals surface area contributed by atoms with Crippen molar-refractivity contribution >= 4 is 0 Å². The molecule has 1 nitrogen and oxygen atoms in total. The molecule has 0 saturated carbocycles. The Labute approximate surface area is 93.2 Å². The fraction of sp³-hybridized carbons (Fsp3) is 0.429. The maximum atomic E-state index is 9.51. The molecular formula is C14H20O. The summed E-state index contributed by atoms with van der Waals surface area (Å²) in [7, 11) is 0. The van der Waals surface area contributed by atoms with Gasteiger partial charge in [0.1, 0.15) is 0 Å². The first-order valence-electron chi connectivity index (χ1n) is 5.39. The fourth-order valence-corrected chi connectivity index (χ4v) is 1.08. The van der Waals surface area contributed by atoms with Crippen LogP contribution in [0, 0.1) is 11.8 Å². The third-order valence-corrected chi connectivity index (χ3v) is 1.89. The molecule has 82 valence electrons. The van der Waals surface area contributed by atoms with Gasteiger partial charge in [-0.05, 0) is 44.4 Å². The van der Waals surface area contributed by atoms with E-state index in [1.165, 1.54) is 0 Å². The normalized spacial score (nSPS) is 12.7. The standard InChI is InChI=1S/C14H20O/c1-3-5-7-9-11-13-14(15)12-10-8-6-4-2/h3-5,11,13-15H,2,6,8,10,12H2,1H3/b5-3+,13-11+/t14-/m1/s1. The third kappa shape index (κ3) is 10.7. The zero-order valence-electron chi connectivity index (χ0n) is 9.45. The van der Waals surface area contributed by atoms with Crippen molar-refractivity contribution in [3.8, 4) is 11.8 Å². The molecule has 0 bridgehead atoms. The van der Waals surface area contributed by atoms with Crippen LogP contribution in [-0.2, 0) is 0 Å². The Morgan fingerprint density at radius 1 is 1.27 bits per heavy atom. The quantitative estimate of drug-likeness (QED) is 0.400. The molecule has 0 aromatic rings. The lowest BCUT2D eigenvalue weighted by atomic mass is 10.1. The van der Waals surface area contributed by atoms with Crippen LogP contribution < -0.4 is 0 Å². The highest BCUT2D eigenvalue weighted by Crippen LogP contribution is 2.04. The van der Waals surface area contributed by atoms with Crippen molar-refractivity contribution in [2.75, 3.05) is 0 Å². The molecule has 0 aliphatic heterocycles. The van der Waals surface area contributed by atoms with E-state index in [-0.39, 0.29) is 6.10 Å². The molecule has 0 amide bonds. The van der Waals surface area contributed by atoms with Crippen molar-refractivity contribution < 1.29 is 5.11 Å². The molecule has 15 heavy (non-hydrogen) atoms. The molecule has 0 aliphatic carbocycles. The molecule has 1 N–H and O–H groups in total. The zero-order valence-corrected chi connectivity index (χ0v) is 9.45. The van der Waals surface area contributed by atoms with Gasteiger partial charge in [-0.3, -0.25) is 0 Å². The molecule has 0 fully saturated rings. The van der Waals surface area contributed by atoms with E-state index in [1.807, 2.05) is 19.1 Å². The highest BCUT2D eigenvalue weighted by molar-refractivity contribution is 5.23. The summed E-state index contributed by atoms with van der Waals surface area (Å²) in [4.78, 5) is 0. The van der Waals surface area contributed by atoms with Gasteiger partial charge >= 0.3 is 0 Å². The highest BCUT2D eigenvalue weighted by atomic mass is 16.3. The predicted octanol–water partition coefficient (Wildman–Crippen LogP) is 3.23. The molecule has 0 aliphatic rings. The van der Waals surface area contributed by atoms with Gasteiger partial charge in [0.2, 0.25) is 0 Å². The van der Waals surface area contributed by atoms with E-state index in [0.29, 0.717) is 0 Å². The van der Waals surface area contributed by atoms with Gasteiger partial charge in [0.05, 0.1) is 6.10 Å². The monoisotopic (exact) mass is 204 g/mol. The largest absolute Gasteiger partial charge is 0.389 e. The number of unbranched alkanes of at least 4 members (excludes halogenated alkanes) is 2. The van der Waals surface area contributed by atoms with Gasteiger partial charge in [0, 0.05) is 0 Å². The topological polar surface area (TPSA) is 20.2 Å². The molecule has 0 spiro atoms. The third-order valence-electron chi connectivity index (χ3n) is 1.89. The van der Waals surface area contributed by atoms with Crippen LogP contribution in [0.15, 0.2) is 37.0 Å². The summed E-state index contributed by atoms with van der Waals surface area (Å²) in [5.74, 6) is 5.65. The summed E-state index contributed by atoms with van der Waals surface area (Å²) in [5, 5.41) is 9.51. The minimum absolute atomic E-state index is 0.366. The molecule has 1 heteroatoms. The first kappa shape index (κ1) is 13.7. The minimum atomic E-state index is -0.366. The second kappa shape index (κ2) is 10.8. The lowest BCUT2D eigenvalue weighted by Crippen LogP contribution is -2.00. The van der Waals surface area contributed by atoms with E-state index in [2.05, 4.69) is 18.4 Å². The van der Waals surface area contributed by atoms with Crippen LogP contribution in [0.2, 0.25) is 0 Å². The molecule has 1 atom stereocenters. The van der Waals surface area contributed by atoms with Crippen molar-refractivity contribution in [1.29, 1.82) is 0 Å². The van der Waals surface area contributed by atoms with Gasteiger partial charge in [-0.1, -0.05) is 30.4 Å². The summed E-state index contributed by atoms with van der Waals surface area (Å²) in [6, 6.07) is 0. The van der Waals surface area contributed by atoms with Crippen molar-refractivity contribution in [2.45, 2.75) is 38.7 Å². The molecule has 0 heterocycles. The summed E-state index contributed by atoms with van der Waals surface area (Å²) in [6.45, 7) is 5.58. The SMILES string of the molecule is C=CCCCC[C@@H](O)/C=C/C#C/C=C/C. The van der Waals surface area contributed by atoms with E-state index in [1.54, 1.807) is 18.2 Å². The summed E-state index contributed by atoms with van der Waals surface area (Å²) >= 11 is 0. The van der Waals surface area contributed by atoms with Crippen LogP contribution in [0.25, 0.3) is 0 Å². The number of hydrogen-bond donors (Lipinski definition) is 1. The molecule has 0 unspecified atom stereocenters. The Kier molecular flexibility index (Phi) is 9.91. The maximum absolute atomic E-state index is 9.51. The minimum Gasteiger partial charge on any atom is -0.389 e. The molecule has 0 aromatic carbocycles. The Balaban J connectivity index is 3.60. The summed E-state index contributed by atoms with van der Waals surface area (Å²) in [5.41, 5.74) is 0. The van der Waals surface area contributed by atoms with Crippen LogP contribution in [0.4, 0.5) is 0 Å². The molecule has 0 radical (unpaired) electrons. The van der Waals surface area contributed by atoms with E-state index in [9.17, 15) is 5.11 Å². The zero-order chi connectivity index (χ0) is 11.4. The van der Waals surface area contributed by atoms with E-state index in [0.717, 1.165) is 25.7 Å². The fourth-order valence-electron chi connectivity index (χ4n) is 1.08. The number of rotatable bonds is 6. The Morgan fingerprint density at radius 2 is 2.00 bits per heavy atom. The summed E-state index contributed by atoms with van der Waals surface area (Å²) in [6.07, 6.45) is 12.6. The Hall–Kier alpha value is -1.26. The predicted molar refractivity (Wildman–Crippen MR) is 66.4 cm³/mol. The van der Waals surface area contributed by atoms with Crippen LogP contribution in [0.1, 0.15) is 32.6 Å². The molecule has 0 aromatic heterocycles. The Bertz CT molecular complexity index is 263. The molecular weight excluding hydrogens is 184 g/mol. The van der Waals surface area contributed by atoms with Gasteiger partial charge in [-0.15, -0.1) is 6.58 Å².